The highest BCUT2D eigenvalue weighted by Crippen LogP contribution is 2.25. The number of fused-ring (bicyclic) bond motifs is 1. The highest BCUT2D eigenvalue weighted by atomic mass is 32.2. The molecule has 3 rings (SSSR count). The summed E-state index contributed by atoms with van der Waals surface area (Å²) in [4.78, 5) is 12.2. The Kier molecular flexibility index (Phi) is 4.17. The number of carbonyl (C=O) groups is 1. The minimum absolute atomic E-state index is 0.177. The van der Waals surface area contributed by atoms with Gasteiger partial charge in [0, 0.05) is 5.56 Å². The van der Waals surface area contributed by atoms with E-state index in [9.17, 15) is 4.79 Å². The molecule has 1 aromatic heterocycles. The second kappa shape index (κ2) is 6.06. The first-order chi connectivity index (χ1) is 9.72. The van der Waals surface area contributed by atoms with Crippen LogP contribution in [0.4, 0.5) is 0 Å². The molecule has 20 heavy (non-hydrogen) atoms. The Balaban J connectivity index is 1.67. The number of hydrogen-bond acceptors (Lipinski definition) is 5. The summed E-state index contributed by atoms with van der Waals surface area (Å²) in [7, 11) is 0. The Morgan fingerprint density at radius 2 is 2.05 bits per heavy atom. The summed E-state index contributed by atoms with van der Waals surface area (Å²) in [6, 6.07) is 6.18. The van der Waals surface area contributed by atoms with Crippen LogP contribution in [-0.4, -0.2) is 21.7 Å². The van der Waals surface area contributed by atoms with Gasteiger partial charge in [-0.1, -0.05) is 35.2 Å². The van der Waals surface area contributed by atoms with E-state index in [-0.39, 0.29) is 5.78 Å². The molecule has 0 spiro atoms. The van der Waals surface area contributed by atoms with Gasteiger partial charge in [-0.3, -0.25) is 4.79 Å². The van der Waals surface area contributed by atoms with Gasteiger partial charge in [0.15, 0.2) is 10.1 Å². The number of carbonyl (C=O) groups excluding carboxylic acids is 1. The predicted molar refractivity (Wildman–Crippen MR) is 82.8 cm³/mol. The number of hydrogen-bond donors (Lipinski definition) is 0. The molecule has 2 aromatic rings. The SMILES string of the molecule is Cc1nnc(SCC(=O)c2ccc3c(c2)CCCC3)s1. The number of thioether (sulfide) groups is 1. The molecule has 104 valence electrons. The van der Waals surface area contributed by atoms with Gasteiger partial charge in [0.2, 0.25) is 0 Å². The van der Waals surface area contributed by atoms with Crippen molar-refractivity contribution in [3.05, 3.63) is 39.9 Å². The minimum Gasteiger partial charge on any atom is -0.293 e. The number of rotatable bonds is 4. The molecule has 1 aliphatic carbocycles. The van der Waals surface area contributed by atoms with Crippen LogP contribution in [0.15, 0.2) is 22.5 Å². The third kappa shape index (κ3) is 3.10. The second-order valence-corrected chi connectivity index (χ2v) is 7.39. The van der Waals surface area contributed by atoms with E-state index in [4.69, 9.17) is 0 Å². The quantitative estimate of drug-likeness (QED) is 0.638. The van der Waals surface area contributed by atoms with Gasteiger partial charge in [0.05, 0.1) is 5.75 Å². The van der Waals surface area contributed by atoms with E-state index >= 15 is 0 Å². The Morgan fingerprint density at radius 1 is 1.25 bits per heavy atom. The summed E-state index contributed by atoms with van der Waals surface area (Å²) in [6.45, 7) is 1.92. The molecule has 0 radical (unpaired) electrons. The molecular weight excluding hydrogens is 288 g/mol. The molecule has 0 aliphatic heterocycles. The summed E-state index contributed by atoms with van der Waals surface area (Å²) in [5, 5.41) is 8.93. The summed E-state index contributed by atoms with van der Waals surface area (Å²) in [5.41, 5.74) is 3.61. The first-order valence-electron chi connectivity index (χ1n) is 6.80. The van der Waals surface area contributed by atoms with Crippen molar-refractivity contribution in [2.45, 2.75) is 36.9 Å². The van der Waals surface area contributed by atoms with Crippen molar-refractivity contribution in [2.75, 3.05) is 5.75 Å². The maximum absolute atomic E-state index is 12.2. The van der Waals surface area contributed by atoms with Gasteiger partial charge in [-0.05, 0) is 49.8 Å². The molecule has 0 N–H and O–H groups in total. The van der Waals surface area contributed by atoms with E-state index in [0.29, 0.717) is 5.75 Å². The zero-order valence-corrected chi connectivity index (χ0v) is 13.0. The average molecular weight is 304 g/mol. The Labute approximate surface area is 126 Å². The number of aromatic nitrogens is 2. The molecule has 0 unspecified atom stereocenters. The lowest BCUT2D eigenvalue weighted by atomic mass is 9.90. The second-order valence-electron chi connectivity index (χ2n) is 4.99. The zero-order chi connectivity index (χ0) is 13.9. The molecule has 1 heterocycles. The molecule has 1 aromatic carbocycles. The van der Waals surface area contributed by atoms with Crippen molar-refractivity contribution < 1.29 is 4.79 Å². The van der Waals surface area contributed by atoms with E-state index in [1.54, 1.807) is 0 Å². The fourth-order valence-electron chi connectivity index (χ4n) is 2.45. The summed E-state index contributed by atoms with van der Waals surface area (Å²) in [6.07, 6.45) is 4.78. The van der Waals surface area contributed by atoms with E-state index in [2.05, 4.69) is 22.3 Å². The normalized spacial score (nSPS) is 14.1. The van der Waals surface area contributed by atoms with Crippen molar-refractivity contribution in [3.63, 3.8) is 0 Å². The van der Waals surface area contributed by atoms with Gasteiger partial charge < -0.3 is 0 Å². The van der Waals surface area contributed by atoms with Crippen molar-refractivity contribution in [3.8, 4) is 0 Å². The standard InChI is InChI=1S/C15H16N2OS2/c1-10-16-17-15(20-10)19-9-14(18)13-7-6-11-4-2-3-5-12(11)8-13/h6-8H,2-5,9H2,1H3. The number of aryl methyl sites for hydroxylation is 3. The fourth-order valence-corrected chi connectivity index (χ4v) is 4.16. The van der Waals surface area contributed by atoms with Crippen molar-refractivity contribution in [1.82, 2.24) is 10.2 Å². The van der Waals surface area contributed by atoms with Crippen molar-refractivity contribution in [1.29, 1.82) is 0 Å². The number of ketones is 1. The number of Topliss-reactive ketones (excluding diaryl/α,β-unsaturated/α-hetero) is 1. The molecule has 0 saturated carbocycles. The largest absolute Gasteiger partial charge is 0.293 e. The van der Waals surface area contributed by atoms with Crippen LogP contribution in [0.25, 0.3) is 0 Å². The van der Waals surface area contributed by atoms with E-state index in [1.807, 2.05) is 13.0 Å². The van der Waals surface area contributed by atoms with Crippen molar-refractivity contribution in [2.24, 2.45) is 0 Å². The van der Waals surface area contributed by atoms with Gasteiger partial charge >= 0.3 is 0 Å². The smallest absolute Gasteiger partial charge is 0.174 e. The first-order valence-corrected chi connectivity index (χ1v) is 8.60. The molecule has 0 amide bonds. The lowest BCUT2D eigenvalue weighted by Crippen LogP contribution is -2.07. The van der Waals surface area contributed by atoms with E-state index in [0.717, 1.165) is 27.8 Å². The molecule has 0 saturated heterocycles. The van der Waals surface area contributed by atoms with Crippen molar-refractivity contribution >= 4 is 28.9 Å². The molecule has 0 fully saturated rings. The average Bonchev–Trinajstić information content (AvgIpc) is 2.90. The van der Waals surface area contributed by atoms with Crippen LogP contribution in [0.1, 0.15) is 39.3 Å². The van der Waals surface area contributed by atoms with Gasteiger partial charge in [-0.25, -0.2) is 0 Å². The summed E-state index contributed by atoms with van der Waals surface area (Å²) in [5.74, 6) is 0.615. The molecule has 1 aliphatic rings. The maximum Gasteiger partial charge on any atom is 0.174 e. The molecule has 0 atom stereocenters. The van der Waals surface area contributed by atoms with Crippen LogP contribution in [0.2, 0.25) is 0 Å². The Bertz CT molecular complexity index is 637. The van der Waals surface area contributed by atoms with Crippen LogP contribution >= 0.6 is 23.1 Å². The fraction of sp³-hybridized carbons (Fsp3) is 0.400. The minimum atomic E-state index is 0.177. The summed E-state index contributed by atoms with van der Waals surface area (Å²) < 4.78 is 0.869. The Hall–Kier alpha value is -1.20. The van der Waals surface area contributed by atoms with E-state index in [1.165, 1.54) is 47.1 Å². The zero-order valence-electron chi connectivity index (χ0n) is 11.4. The number of benzene rings is 1. The van der Waals surface area contributed by atoms with Crippen LogP contribution < -0.4 is 0 Å². The van der Waals surface area contributed by atoms with Crippen LogP contribution in [0, 0.1) is 6.92 Å². The van der Waals surface area contributed by atoms with Crippen LogP contribution in [0.3, 0.4) is 0 Å². The topological polar surface area (TPSA) is 42.9 Å². The first kappa shape index (κ1) is 13.8. The summed E-state index contributed by atoms with van der Waals surface area (Å²) >= 11 is 3.01. The molecule has 0 bridgehead atoms. The van der Waals surface area contributed by atoms with Gasteiger partial charge in [-0.15, -0.1) is 10.2 Å². The lowest BCUT2D eigenvalue weighted by molar-refractivity contribution is 0.102. The predicted octanol–water partition coefficient (Wildman–Crippen LogP) is 3.70. The third-order valence-electron chi connectivity index (χ3n) is 3.50. The Morgan fingerprint density at radius 3 is 2.80 bits per heavy atom. The molecular formula is C15H16N2OS2. The van der Waals surface area contributed by atoms with Crippen LogP contribution in [0.5, 0.6) is 0 Å². The van der Waals surface area contributed by atoms with Gasteiger partial charge in [0.25, 0.3) is 0 Å². The van der Waals surface area contributed by atoms with Crippen LogP contribution in [-0.2, 0) is 12.8 Å². The highest BCUT2D eigenvalue weighted by Gasteiger charge is 2.13. The highest BCUT2D eigenvalue weighted by molar-refractivity contribution is 8.01. The third-order valence-corrected chi connectivity index (χ3v) is 5.48. The lowest BCUT2D eigenvalue weighted by Gasteiger charge is -2.16. The maximum atomic E-state index is 12.2. The molecule has 5 heteroatoms. The van der Waals surface area contributed by atoms with E-state index < -0.39 is 0 Å². The monoisotopic (exact) mass is 304 g/mol. The number of nitrogens with zero attached hydrogens (tertiary/aromatic N) is 2. The van der Waals surface area contributed by atoms with Gasteiger partial charge in [0.1, 0.15) is 5.01 Å². The molecule has 3 nitrogen and oxygen atoms in total. The van der Waals surface area contributed by atoms with Gasteiger partial charge in [-0.2, -0.15) is 0 Å².